The summed E-state index contributed by atoms with van der Waals surface area (Å²) in [5.41, 5.74) is 4.04. The number of amides is 1. The van der Waals surface area contributed by atoms with Crippen molar-refractivity contribution in [2.75, 3.05) is 13.1 Å². The molecule has 1 aromatic carbocycles. The molecular formula is C19H26N2O. The van der Waals surface area contributed by atoms with Gasteiger partial charge in [-0.1, -0.05) is 32.0 Å². The maximum Gasteiger partial charge on any atom is 0.222 e. The molecule has 0 radical (unpaired) electrons. The number of aromatic nitrogens is 1. The fourth-order valence-corrected chi connectivity index (χ4v) is 3.41. The molecule has 0 saturated carbocycles. The van der Waals surface area contributed by atoms with E-state index in [4.69, 9.17) is 0 Å². The van der Waals surface area contributed by atoms with Crippen LogP contribution < -0.4 is 0 Å². The first-order chi connectivity index (χ1) is 10.5. The van der Waals surface area contributed by atoms with Crippen molar-refractivity contribution in [1.82, 2.24) is 9.88 Å². The van der Waals surface area contributed by atoms with Gasteiger partial charge < -0.3 is 9.88 Å². The van der Waals surface area contributed by atoms with Crippen LogP contribution in [0.15, 0.2) is 24.3 Å². The van der Waals surface area contributed by atoms with Crippen molar-refractivity contribution in [2.24, 2.45) is 5.41 Å². The van der Waals surface area contributed by atoms with Crippen molar-refractivity contribution in [1.29, 1.82) is 0 Å². The average molecular weight is 298 g/mol. The predicted octanol–water partition coefficient (Wildman–Crippen LogP) is 4.06. The zero-order chi connectivity index (χ0) is 15.7. The summed E-state index contributed by atoms with van der Waals surface area (Å²) < 4.78 is 0. The third-order valence-corrected chi connectivity index (χ3v) is 5.09. The number of hydrogen-bond acceptors (Lipinski definition) is 1. The molecule has 3 heteroatoms. The summed E-state index contributed by atoms with van der Waals surface area (Å²) >= 11 is 0. The number of hydrogen-bond donors (Lipinski definition) is 1. The van der Waals surface area contributed by atoms with E-state index < -0.39 is 0 Å². The van der Waals surface area contributed by atoms with Gasteiger partial charge in [0.05, 0.1) is 0 Å². The van der Waals surface area contributed by atoms with Gasteiger partial charge in [0, 0.05) is 36.1 Å². The van der Waals surface area contributed by atoms with Crippen LogP contribution in [0.25, 0.3) is 10.9 Å². The van der Waals surface area contributed by atoms with Gasteiger partial charge in [-0.3, -0.25) is 4.79 Å². The number of carbonyl (C=O) groups excluding carboxylic acids is 1. The Balaban J connectivity index is 1.64. The number of para-hydroxylation sites is 1. The van der Waals surface area contributed by atoms with Gasteiger partial charge in [0.25, 0.3) is 0 Å². The quantitative estimate of drug-likeness (QED) is 0.911. The molecule has 22 heavy (non-hydrogen) atoms. The van der Waals surface area contributed by atoms with E-state index in [0.717, 1.165) is 32.4 Å². The number of aryl methyl sites for hydroxylation is 2. The SMILES string of the molecule is Cc1[nH]c2ccccc2c1CCC(=O)N1CCC(C)(C)CC1. The van der Waals surface area contributed by atoms with Crippen LogP contribution in [0, 0.1) is 12.3 Å². The van der Waals surface area contributed by atoms with Gasteiger partial charge in [-0.2, -0.15) is 0 Å². The largest absolute Gasteiger partial charge is 0.358 e. The molecule has 2 aromatic rings. The fourth-order valence-electron chi connectivity index (χ4n) is 3.41. The van der Waals surface area contributed by atoms with E-state index in [1.807, 2.05) is 6.07 Å². The number of benzene rings is 1. The van der Waals surface area contributed by atoms with Crippen LogP contribution in [0.3, 0.4) is 0 Å². The van der Waals surface area contributed by atoms with E-state index in [2.05, 4.69) is 48.9 Å². The number of aromatic amines is 1. The predicted molar refractivity (Wildman–Crippen MR) is 91.0 cm³/mol. The molecule has 0 atom stereocenters. The van der Waals surface area contributed by atoms with Crippen molar-refractivity contribution in [3.8, 4) is 0 Å². The van der Waals surface area contributed by atoms with E-state index in [9.17, 15) is 4.79 Å². The number of piperidine rings is 1. The first-order valence-electron chi connectivity index (χ1n) is 8.30. The van der Waals surface area contributed by atoms with Crippen LogP contribution in [-0.4, -0.2) is 28.9 Å². The summed E-state index contributed by atoms with van der Waals surface area (Å²) in [7, 11) is 0. The van der Waals surface area contributed by atoms with Gasteiger partial charge in [0.15, 0.2) is 0 Å². The Bertz CT molecular complexity index is 674. The number of likely N-dealkylation sites (tertiary alicyclic amines) is 1. The summed E-state index contributed by atoms with van der Waals surface area (Å²) in [6.07, 6.45) is 3.67. The monoisotopic (exact) mass is 298 g/mol. The molecule has 0 aliphatic carbocycles. The molecule has 1 aromatic heterocycles. The molecule has 1 aliphatic rings. The summed E-state index contributed by atoms with van der Waals surface area (Å²) in [6.45, 7) is 8.52. The normalized spacial score (nSPS) is 17.9. The van der Waals surface area contributed by atoms with Crippen LogP contribution in [-0.2, 0) is 11.2 Å². The lowest BCUT2D eigenvalue weighted by molar-refractivity contribution is -0.133. The lowest BCUT2D eigenvalue weighted by Crippen LogP contribution is -2.41. The van der Waals surface area contributed by atoms with Crippen molar-refractivity contribution in [3.05, 3.63) is 35.5 Å². The Morgan fingerprint density at radius 1 is 1.23 bits per heavy atom. The zero-order valence-electron chi connectivity index (χ0n) is 13.9. The van der Waals surface area contributed by atoms with Crippen LogP contribution in [0.5, 0.6) is 0 Å². The highest BCUT2D eigenvalue weighted by atomic mass is 16.2. The summed E-state index contributed by atoms with van der Waals surface area (Å²) in [6, 6.07) is 8.35. The number of nitrogens with zero attached hydrogens (tertiary/aromatic N) is 1. The molecule has 3 rings (SSSR count). The summed E-state index contributed by atoms with van der Waals surface area (Å²) in [4.78, 5) is 17.9. The second-order valence-electron chi connectivity index (χ2n) is 7.32. The highest BCUT2D eigenvalue weighted by Crippen LogP contribution is 2.30. The molecule has 1 aliphatic heterocycles. The first-order valence-corrected chi connectivity index (χ1v) is 8.30. The maximum absolute atomic E-state index is 12.5. The molecule has 118 valence electrons. The molecule has 0 spiro atoms. The van der Waals surface area contributed by atoms with Gasteiger partial charge in [0.1, 0.15) is 0 Å². The molecular weight excluding hydrogens is 272 g/mol. The van der Waals surface area contributed by atoms with E-state index in [1.165, 1.54) is 22.2 Å². The van der Waals surface area contributed by atoms with E-state index in [0.29, 0.717) is 17.7 Å². The Labute approximate surface area is 132 Å². The maximum atomic E-state index is 12.5. The van der Waals surface area contributed by atoms with E-state index in [1.54, 1.807) is 0 Å². The van der Waals surface area contributed by atoms with Crippen LogP contribution in [0.4, 0.5) is 0 Å². The fraction of sp³-hybridized carbons (Fsp3) is 0.526. The molecule has 0 bridgehead atoms. The Morgan fingerprint density at radius 3 is 2.64 bits per heavy atom. The molecule has 1 amide bonds. The summed E-state index contributed by atoms with van der Waals surface area (Å²) in [5.74, 6) is 0.306. The van der Waals surface area contributed by atoms with Crippen LogP contribution >= 0.6 is 0 Å². The highest BCUT2D eigenvalue weighted by molar-refractivity contribution is 5.85. The summed E-state index contributed by atoms with van der Waals surface area (Å²) in [5, 5.41) is 1.26. The van der Waals surface area contributed by atoms with Crippen LogP contribution in [0.1, 0.15) is 44.4 Å². The Morgan fingerprint density at radius 2 is 1.91 bits per heavy atom. The highest BCUT2D eigenvalue weighted by Gasteiger charge is 2.27. The number of nitrogens with one attached hydrogen (secondary N) is 1. The number of fused-ring (bicyclic) bond motifs is 1. The Hall–Kier alpha value is -1.77. The zero-order valence-corrected chi connectivity index (χ0v) is 13.9. The van der Waals surface area contributed by atoms with Crippen LogP contribution in [0.2, 0.25) is 0 Å². The van der Waals surface area contributed by atoms with Crippen molar-refractivity contribution < 1.29 is 4.79 Å². The molecule has 1 saturated heterocycles. The minimum atomic E-state index is 0.306. The lowest BCUT2D eigenvalue weighted by Gasteiger charge is -2.37. The van der Waals surface area contributed by atoms with Gasteiger partial charge in [-0.25, -0.2) is 0 Å². The molecule has 0 unspecified atom stereocenters. The van der Waals surface area contributed by atoms with Crippen molar-refractivity contribution >= 4 is 16.8 Å². The van der Waals surface area contributed by atoms with Crippen molar-refractivity contribution in [2.45, 2.75) is 46.5 Å². The Kier molecular flexibility index (Phi) is 3.98. The van der Waals surface area contributed by atoms with E-state index >= 15 is 0 Å². The second-order valence-corrected chi connectivity index (χ2v) is 7.32. The third kappa shape index (κ3) is 3.03. The van der Waals surface area contributed by atoms with Gasteiger partial charge in [-0.05, 0) is 43.2 Å². The lowest BCUT2D eigenvalue weighted by atomic mass is 9.82. The second kappa shape index (κ2) is 5.79. The van der Waals surface area contributed by atoms with Crippen molar-refractivity contribution in [3.63, 3.8) is 0 Å². The minimum Gasteiger partial charge on any atom is -0.358 e. The molecule has 3 nitrogen and oxygen atoms in total. The standard InChI is InChI=1S/C19H26N2O/c1-14-15(16-6-4-5-7-17(16)20-14)8-9-18(22)21-12-10-19(2,3)11-13-21/h4-7,20H,8-13H2,1-3H3. The average Bonchev–Trinajstić information content (AvgIpc) is 2.80. The molecule has 2 heterocycles. The van der Waals surface area contributed by atoms with E-state index in [-0.39, 0.29) is 0 Å². The molecule has 1 N–H and O–H groups in total. The van der Waals surface area contributed by atoms with Gasteiger partial charge in [-0.15, -0.1) is 0 Å². The number of carbonyl (C=O) groups is 1. The molecule has 1 fully saturated rings. The third-order valence-electron chi connectivity index (χ3n) is 5.09. The topological polar surface area (TPSA) is 36.1 Å². The van der Waals surface area contributed by atoms with Gasteiger partial charge in [0.2, 0.25) is 5.91 Å². The number of rotatable bonds is 3. The number of H-pyrrole nitrogens is 1. The van der Waals surface area contributed by atoms with Gasteiger partial charge >= 0.3 is 0 Å². The smallest absolute Gasteiger partial charge is 0.222 e. The first kappa shape index (κ1) is 15.1. The minimum absolute atomic E-state index is 0.306.